The summed E-state index contributed by atoms with van der Waals surface area (Å²) in [6.45, 7) is 1.99. The van der Waals surface area contributed by atoms with Crippen molar-refractivity contribution >= 4 is 32.4 Å². The maximum absolute atomic E-state index is 10.3. The van der Waals surface area contributed by atoms with Crippen LogP contribution in [0.3, 0.4) is 0 Å². The van der Waals surface area contributed by atoms with Crippen LogP contribution in [0.15, 0.2) is 53.0 Å². The Morgan fingerprint density at radius 2 is 1.75 bits per heavy atom. The van der Waals surface area contributed by atoms with Crippen molar-refractivity contribution in [3.63, 3.8) is 0 Å². The Labute approximate surface area is 126 Å². The lowest BCUT2D eigenvalue weighted by Gasteiger charge is -2.14. The van der Waals surface area contributed by atoms with Gasteiger partial charge in [-0.15, -0.1) is 0 Å². The van der Waals surface area contributed by atoms with Gasteiger partial charge in [-0.1, -0.05) is 42.5 Å². The number of phenolic OH excluding ortho intramolecular Hbond substituents is 1. The molecule has 0 bridgehead atoms. The van der Waals surface area contributed by atoms with E-state index in [1.54, 1.807) is 6.07 Å². The van der Waals surface area contributed by atoms with Gasteiger partial charge >= 0.3 is 0 Å². The number of aromatic hydroxyl groups is 1. The Bertz CT molecular complexity index is 811. The number of nitrogens with two attached hydrogens (primary N) is 1. The number of anilines is 1. The summed E-state index contributed by atoms with van der Waals surface area (Å²) < 4.78 is 0.877. The van der Waals surface area contributed by atoms with Gasteiger partial charge in [0.1, 0.15) is 5.75 Å². The molecule has 2 nitrogen and oxygen atoms in total. The average Bonchev–Trinajstić information content (AvgIpc) is 2.46. The van der Waals surface area contributed by atoms with Crippen molar-refractivity contribution in [2.75, 3.05) is 5.73 Å². The summed E-state index contributed by atoms with van der Waals surface area (Å²) in [5.41, 5.74) is 9.57. The van der Waals surface area contributed by atoms with Gasteiger partial charge in [-0.25, -0.2) is 0 Å². The Morgan fingerprint density at radius 3 is 2.55 bits per heavy atom. The van der Waals surface area contributed by atoms with Crippen LogP contribution in [0.4, 0.5) is 5.69 Å². The molecule has 0 saturated heterocycles. The van der Waals surface area contributed by atoms with Crippen LogP contribution in [0.5, 0.6) is 5.75 Å². The second kappa shape index (κ2) is 4.84. The van der Waals surface area contributed by atoms with Crippen molar-refractivity contribution in [2.24, 2.45) is 0 Å². The highest BCUT2D eigenvalue weighted by atomic mass is 79.9. The lowest BCUT2D eigenvalue weighted by Crippen LogP contribution is -1.94. The van der Waals surface area contributed by atoms with Crippen LogP contribution >= 0.6 is 15.9 Å². The molecule has 0 aliphatic carbocycles. The molecule has 0 atom stereocenters. The predicted octanol–water partition coefficient (Wildman–Crippen LogP) is 4.87. The molecular weight excluding hydrogens is 314 g/mol. The summed E-state index contributed by atoms with van der Waals surface area (Å²) in [5.74, 6) is 0.242. The largest absolute Gasteiger partial charge is 0.507 e. The number of nitrogen functional groups attached to an aromatic ring is 1. The molecule has 0 radical (unpaired) electrons. The summed E-state index contributed by atoms with van der Waals surface area (Å²) in [6, 6.07) is 15.5. The first-order valence-corrected chi connectivity index (χ1v) is 7.14. The molecule has 0 spiro atoms. The summed E-state index contributed by atoms with van der Waals surface area (Å²) >= 11 is 3.51. The Kier molecular flexibility index (Phi) is 3.14. The smallest absolute Gasteiger partial charge is 0.124 e. The van der Waals surface area contributed by atoms with Crippen LogP contribution in [0.25, 0.3) is 21.9 Å². The van der Waals surface area contributed by atoms with E-state index in [1.807, 2.05) is 49.4 Å². The second-order valence-electron chi connectivity index (χ2n) is 4.84. The van der Waals surface area contributed by atoms with Crippen molar-refractivity contribution in [3.05, 3.63) is 58.6 Å². The highest BCUT2D eigenvalue weighted by Crippen LogP contribution is 2.42. The fourth-order valence-electron chi connectivity index (χ4n) is 2.46. The number of hydrogen-bond donors (Lipinski definition) is 2. The monoisotopic (exact) mass is 327 g/mol. The number of fused-ring (bicyclic) bond motifs is 1. The van der Waals surface area contributed by atoms with E-state index in [2.05, 4.69) is 15.9 Å². The highest BCUT2D eigenvalue weighted by Gasteiger charge is 2.14. The Hall–Kier alpha value is -2.00. The van der Waals surface area contributed by atoms with Crippen LogP contribution < -0.4 is 5.73 Å². The van der Waals surface area contributed by atoms with Gasteiger partial charge in [-0.05, 0) is 45.3 Å². The SMILES string of the molecule is Cc1ccc(-c2c(O)ccc3ccccc23)c(N)c1Br. The van der Waals surface area contributed by atoms with Crippen molar-refractivity contribution < 1.29 is 5.11 Å². The van der Waals surface area contributed by atoms with Gasteiger partial charge in [0.25, 0.3) is 0 Å². The zero-order chi connectivity index (χ0) is 14.3. The molecule has 20 heavy (non-hydrogen) atoms. The minimum absolute atomic E-state index is 0.242. The first-order chi connectivity index (χ1) is 9.59. The highest BCUT2D eigenvalue weighted by molar-refractivity contribution is 9.10. The van der Waals surface area contributed by atoms with Gasteiger partial charge in [-0.2, -0.15) is 0 Å². The average molecular weight is 328 g/mol. The molecule has 3 heteroatoms. The number of phenols is 1. The van der Waals surface area contributed by atoms with E-state index in [0.29, 0.717) is 5.69 Å². The maximum Gasteiger partial charge on any atom is 0.124 e. The van der Waals surface area contributed by atoms with Crippen LogP contribution in [0.2, 0.25) is 0 Å². The van der Waals surface area contributed by atoms with Crippen molar-refractivity contribution in [2.45, 2.75) is 6.92 Å². The molecule has 0 aliphatic rings. The first kappa shape index (κ1) is 13.0. The van der Waals surface area contributed by atoms with E-state index in [-0.39, 0.29) is 5.75 Å². The summed E-state index contributed by atoms with van der Waals surface area (Å²) in [6.07, 6.45) is 0. The molecule has 0 unspecified atom stereocenters. The Balaban J connectivity index is 2.41. The standard InChI is InChI=1S/C17H14BrNO/c1-10-6-8-13(17(19)16(10)18)15-12-5-3-2-4-11(12)7-9-14(15)20/h2-9,20H,19H2,1H3. The Morgan fingerprint density at radius 1 is 1.00 bits per heavy atom. The minimum Gasteiger partial charge on any atom is -0.507 e. The number of rotatable bonds is 1. The summed E-state index contributed by atoms with van der Waals surface area (Å²) in [7, 11) is 0. The zero-order valence-electron chi connectivity index (χ0n) is 11.0. The van der Waals surface area contributed by atoms with Crippen LogP contribution in [0, 0.1) is 6.92 Å². The fourth-order valence-corrected chi connectivity index (χ4v) is 2.81. The number of aryl methyl sites for hydroxylation is 1. The number of halogens is 1. The van der Waals surface area contributed by atoms with Crippen LogP contribution in [-0.2, 0) is 0 Å². The van der Waals surface area contributed by atoms with Gasteiger partial charge in [0.05, 0.1) is 5.69 Å². The van der Waals surface area contributed by atoms with Gasteiger partial charge < -0.3 is 10.8 Å². The van der Waals surface area contributed by atoms with E-state index in [0.717, 1.165) is 31.9 Å². The van der Waals surface area contributed by atoms with Gasteiger partial charge in [-0.3, -0.25) is 0 Å². The molecule has 3 aromatic carbocycles. The number of hydrogen-bond acceptors (Lipinski definition) is 2. The van der Waals surface area contributed by atoms with Gasteiger partial charge in [0.2, 0.25) is 0 Å². The molecular formula is C17H14BrNO. The van der Waals surface area contributed by atoms with E-state index < -0.39 is 0 Å². The third-order valence-corrected chi connectivity index (χ3v) is 4.60. The summed E-state index contributed by atoms with van der Waals surface area (Å²) in [5, 5.41) is 12.4. The molecule has 0 saturated carbocycles. The van der Waals surface area contributed by atoms with Crippen LogP contribution in [0.1, 0.15) is 5.56 Å². The van der Waals surface area contributed by atoms with Crippen molar-refractivity contribution in [1.82, 2.24) is 0 Å². The van der Waals surface area contributed by atoms with Gasteiger partial charge in [0.15, 0.2) is 0 Å². The molecule has 3 rings (SSSR count). The van der Waals surface area contributed by atoms with E-state index in [1.165, 1.54) is 0 Å². The van der Waals surface area contributed by atoms with E-state index in [9.17, 15) is 5.11 Å². The van der Waals surface area contributed by atoms with Crippen molar-refractivity contribution in [3.8, 4) is 16.9 Å². The number of benzene rings is 3. The second-order valence-corrected chi connectivity index (χ2v) is 5.63. The van der Waals surface area contributed by atoms with Gasteiger partial charge in [0, 0.05) is 15.6 Å². The minimum atomic E-state index is 0.242. The lowest BCUT2D eigenvalue weighted by molar-refractivity contribution is 0.478. The predicted molar refractivity (Wildman–Crippen MR) is 87.9 cm³/mol. The fraction of sp³-hybridized carbons (Fsp3) is 0.0588. The maximum atomic E-state index is 10.3. The van der Waals surface area contributed by atoms with E-state index >= 15 is 0 Å². The van der Waals surface area contributed by atoms with Crippen LogP contribution in [-0.4, -0.2) is 5.11 Å². The zero-order valence-corrected chi connectivity index (χ0v) is 12.6. The molecule has 3 aromatic rings. The normalized spacial score (nSPS) is 10.9. The molecule has 3 N–H and O–H groups in total. The van der Waals surface area contributed by atoms with Crippen molar-refractivity contribution in [1.29, 1.82) is 0 Å². The molecule has 0 heterocycles. The topological polar surface area (TPSA) is 46.2 Å². The molecule has 0 fully saturated rings. The molecule has 0 aromatic heterocycles. The quantitative estimate of drug-likeness (QED) is 0.626. The summed E-state index contributed by atoms with van der Waals surface area (Å²) in [4.78, 5) is 0. The van der Waals surface area contributed by atoms with E-state index in [4.69, 9.17) is 5.73 Å². The molecule has 0 amide bonds. The third kappa shape index (κ3) is 1.95. The third-order valence-electron chi connectivity index (χ3n) is 3.55. The molecule has 100 valence electrons. The first-order valence-electron chi connectivity index (χ1n) is 6.35. The molecule has 0 aliphatic heterocycles. The lowest BCUT2D eigenvalue weighted by atomic mass is 9.95.